The fraction of sp³-hybridized carbons (Fsp3) is 0.364. The molecule has 0 atom stereocenters. The van der Waals surface area contributed by atoms with E-state index in [0.29, 0.717) is 12.1 Å². The van der Waals surface area contributed by atoms with E-state index in [9.17, 15) is 4.79 Å². The van der Waals surface area contributed by atoms with E-state index in [4.69, 9.17) is 11.1 Å². The molecule has 0 fully saturated rings. The number of halogens is 1. The normalized spacial score (nSPS) is 7.75. The van der Waals surface area contributed by atoms with Crippen molar-refractivity contribution in [2.24, 2.45) is 5.73 Å². The van der Waals surface area contributed by atoms with Crippen LogP contribution in [0.3, 0.4) is 0 Å². The lowest BCUT2D eigenvalue weighted by Crippen LogP contribution is -3.00. The van der Waals surface area contributed by atoms with E-state index in [1.54, 1.807) is 12.1 Å². The number of nitrogens with zero attached hydrogens (tertiary/aromatic N) is 2. The molecule has 1 aromatic rings. The topological polar surface area (TPSA) is 71.2 Å². The molecule has 1 aromatic carbocycles. The molecule has 88 valence electrons. The van der Waals surface area contributed by atoms with Crippen LogP contribution in [0.1, 0.15) is 26.2 Å². The lowest BCUT2D eigenvalue weighted by Gasteiger charge is -1.86. The highest BCUT2D eigenvalue weighted by Gasteiger charge is 1.96. The summed E-state index contributed by atoms with van der Waals surface area (Å²) in [5.41, 5.74) is 5.43. The van der Waals surface area contributed by atoms with Crippen LogP contribution >= 0.6 is 0 Å². The lowest BCUT2D eigenvalue weighted by molar-refractivity contribution is -0.118. The van der Waals surface area contributed by atoms with Crippen molar-refractivity contribution in [2.45, 2.75) is 26.2 Å². The van der Waals surface area contributed by atoms with Gasteiger partial charge in [0.05, 0.1) is 0 Å². The molecule has 0 aliphatic heterocycles. The van der Waals surface area contributed by atoms with Gasteiger partial charge in [0.2, 0.25) is 11.3 Å². The molecule has 2 N–H and O–H groups in total. The zero-order valence-electron chi connectivity index (χ0n) is 9.27. The molecular formula is C11H16ClN3O. The van der Waals surface area contributed by atoms with Gasteiger partial charge >= 0.3 is 5.69 Å². The summed E-state index contributed by atoms with van der Waals surface area (Å²) < 4.78 is 0. The molecule has 0 aliphatic carbocycles. The number of nitrogens with two attached hydrogens (primary N) is 1. The number of diazo groups is 1. The second kappa shape index (κ2) is 11.5. The van der Waals surface area contributed by atoms with E-state index in [2.05, 4.69) is 4.98 Å². The standard InChI is InChI=1S/C6H5N2.C5H11NO.ClH/c7-8-6-4-2-1-3-5-6;1-2-3-4-5(6)7;/h1-5H;2-4H2,1H3,(H2,6,7);1H/q+1;;/p-1. The molecule has 5 heteroatoms. The molecule has 4 nitrogen and oxygen atoms in total. The molecule has 0 spiro atoms. The average molecular weight is 242 g/mol. The van der Waals surface area contributed by atoms with Crippen LogP contribution in [0, 0.1) is 5.39 Å². The fourth-order valence-electron chi connectivity index (χ4n) is 0.846. The summed E-state index contributed by atoms with van der Waals surface area (Å²) >= 11 is 0. The third-order valence-electron chi connectivity index (χ3n) is 1.65. The molecule has 1 amide bonds. The van der Waals surface area contributed by atoms with Crippen LogP contribution in [-0.2, 0) is 4.79 Å². The van der Waals surface area contributed by atoms with Crippen molar-refractivity contribution in [3.05, 3.63) is 35.3 Å². The Balaban J connectivity index is 0. The van der Waals surface area contributed by atoms with Gasteiger partial charge in [-0.2, -0.15) is 0 Å². The first-order chi connectivity index (χ1) is 7.20. The zero-order chi connectivity index (χ0) is 11.5. The Morgan fingerprint density at radius 3 is 2.19 bits per heavy atom. The fourth-order valence-corrected chi connectivity index (χ4v) is 0.846. The third kappa shape index (κ3) is 10.5. The zero-order valence-corrected chi connectivity index (χ0v) is 10.0. The van der Waals surface area contributed by atoms with Crippen LogP contribution < -0.4 is 18.1 Å². The molecule has 0 bridgehead atoms. The van der Waals surface area contributed by atoms with Crippen molar-refractivity contribution in [3.8, 4) is 0 Å². The summed E-state index contributed by atoms with van der Waals surface area (Å²) in [6, 6.07) is 8.94. The van der Waals surface area contributed by atoms with Crippen molar-refractivity contribution >= 4 is 11.6 Å². The van der Waals surface area contributed by atoms with Crippen molar-refractivity contribution in [1.29, 1.82) is 5.39 Å². The third-order valence-corrected chi connectivity index (χ3v) is 1.65. The largest absolute Gasteiger partial charge is 1.00 e. The maximum Gasteiger partial charge on any atom is 0.385 e. The Kier molecular flexibility index (Phi) is 12.1. The maximum absolute atomic E-state index is 9.98. The Morgan fingerprint density at radius 1 is 1.38 bits per heavy atom. The van der Waals surface area contributed by atoms with Gasteiger partial charge in [-0.15, -0.1) is 0 Å². The molecule has 16 heavy (non-hydrogen) atoms. The van der Waals surface area contributed by atoms with Crippen LogP contribution in [-0.4, -0.2) is 5.91 Å². The summed E-state index contributed by atoms with van der Waals surface area (Å²) in [6.07, 6.45) is 2.51. The number of carbonyl (C=O) groups is 1. The van der Waals surface area contributed by atoms with E-state index in [0.717, 1.165) is 12.8 Å². The Morgan fingerprint density at radius 2 is 1.94 bits per heavy atom. The smallest absolute Gasteiger partial charge is 0.385 e. The van der Waals surface area contributed by atoms with Gasteiger partial charge in [0.1, 0.15) is 0 Å². The monoisotopic (exact) mass is 241 g/mol. The first-order valence-corrected chi connectivity index (χ1v) is 4.89. The van der Waals surface area contributed by atoms with Crippen molar-refractivity contribution in [1.82, 2.24) is 0 Å². The van der Waals surface area contributed by atoms with Gasteiger partial charge < -0.3 is 18.1 Å². The number of benzene rings is 1. The number of hydrogen-bond acceptors (Lipinski definition) is 2. The second-order valence-electron chi connectivity index (χ2n) is 3.01. The quantitative estimate of drug-likeness (QED) is 0.747. The number of carbonyl (C=O) groups excluding carboxylic acids is 1. The van der Waals surface area contributed by atoms with Crippen molar-refractivity contribution in [3.63, 3.8) is 0 Å². The molecular weight excluding hydrogens is 226 g/mol. The molecule has 0 unspecified atom stereocenters. The molecule has 0 saturated carbocycles. The van der Waals surface area contributed by atoms with Gasteiger partial charge in [-0.25, -0.2) is 0 Å². The Bertz CT molecular complexity index is 322. The Labute approximate surface area is 102 Å². The van der Waals surface area contributed by atoms with Crippen LogP contribution in [0.15, 0.2) is 30.3 Å². The predicted octanol–water partition coefficient (Wildman–Crippen LogP) is -0.163. The molecule has 0 aromatic heterocycles. The number of hydrogen-bond donors (Lipinski definition) is 1. The number of unbranched alkanes of at least 4 members (excludes halogenated alkanes) is 1. The molecule has 0 aliphatic rings. The number of rotatable bonds is 3. The van der Waals surface area contributed by atoms with Gasteiger partial charge in [0.15, 0.2) is 4.98 Å². The lowest BCUT2D eigenvalue weighted by atomic mass is 10.2. The van der Waals surface area contributed by atoms with Gasteiger partial charge in [0.25, 0.3) is 0 Å². The van der Waals surface area contributed by atoms with Gasteiger partial charge in [-0.05, 0) is 6.42 Å². The van der Waals surface area contributed by atoms with Crippen molar-refractivity contribution < 1.29 is 17.2 Å². The van der Waals surface area contributed by atoms with Crippen molar-refractivity contribution in [2.75, 3.05) is 0 Å². The minimum atomic E-state index is -0.193. The minimum absolute atomic E-state index is 0. The molecule has 0 heterocycles. The van der Waals surface area contributed by atoms with E-state index in [-0.39, 0.29) is 18.3 Å². The molecule has 1 rings (SSSR count). The summed E-state index contributed by atoms with van der Waals surface area (Å²) in [5, 5.41) is 8.16. The highest BCUT2D eigenvalue weighted by atomic mass is 35.5. The summed E-state index contributed by atoms with van der Waals surface area (Å²) in [6.45, 7) is 2.03. The van der Waals surface area contributed by atoms with E-state index < -0.39 is 0 Å². The second-order valence-corrected chi connectivity index (χ2v) is 3.01. The van der Waals surface area contributed by atoms with E-state index in [1.165, 1.54) is 0 Å². The number of primary amides is 1. The Hall–Kier alpha value is -1.60. The van der Waals surface area contributed by atoms with Crippen LogP contribution in [0.25, 0.3) is 4.98 Å². The summed E-state index contributed by atoms with van der Waals surface area (Å²) in [5.74, 6) is -0.193. The van der Waals surface area contributed by atoms with Gasteiger partial charge in [-0.3, -0.25) is 4.79 Å². The average Bonchev–Trinajstić information content (AvgIpc) is 2.28. The van der Waals surface area contributed by atoms with Crippen LogP contribution in [0.4, 0.5) is 5.69 Å². The van der Waals surface area contributed by atoms with Gasteiger partial charge in [0, 0.05) is 18.6 Å². The van der Waals surface area contributed by atoms with E-state index >= 15 is 0 Å². The van der Waals surface area contributed by atoms with Crippen LogP contribution in [0.2, 0.25) is 0 Å². The SMILES string of the molecule is CCCCC(N)=O.N#[N+]c1ccccc1.[Cl-]. The van der Waals surface area contributed by atoms with Gasteiger partial charge in [-0.1, -0.05) is 31.5 Å². The summed E-state index contributed by atoms with van der Waals surface area (Å²) in [4.78, 5) is 13.0. The highest BCUT2D eigenvalue weighted by Crippen LogP contribution is 2.07. The highest BCUT2D eigenvalue weighted by molar-refractivity contribution is 5.73. The molecule has 0 radical (unpaired) electrons. The minimum Gasteiger partial charge on any atom is -1.00 e. The first kappa shape index (κ1) is 16.8. The molecule has 0 saturated heterocycles. The first-order valence-electron chi connectivity index (χ1n) is 4.89. The maximum atomic E-state index is 9.98. The van der Waals surface area contributed by atoms with E-state index in [1.807, 2.05) is 25.1 Å². The summed E-state index contributed by atoms with van der Waals surface area (Å²) in [7, 11) is 0. The van der Waals surface area contributed by atoms with Crippen LogP contribution in [0.5, 0.6) is 0 Å². The number of amides is 1. The predicted molar refractivity (Wildman–Crippen MR) is 59.9 cm³/mol.